The van der Waals surface area contributed by atoms with Crippen LogP contribution < -0.4 is 10.1 Å². The van der Waals surface area contributed by atoms with Crippen molar-refractivity contribution in [2.45, 2.75) is 38.5 Å². The first kappa shape index (κ1) is 14.9. The Labute approximate surface area is 124 Å². The third kappa shape index (κ3) is 3.34. The minimum absolute atomic E-state index is 0.00130. The molecule has 0 amide bonds. The van der Waals surface area contributed by atoms with Gasteiger partial charge in [-0.1, -0.05) is 36.2 Å². The maximum absolute atomic E-state index is 6.11. The molecule has 1 saturated carbocycles. The molecule has 1 aliphatic rings. The Morgan fingerprint density at radius 3 is 2.53 bits per heavy atom. The fourth-order valence-corrected chi connectivity index (χ4v) is 2.81. The Morgan fingerprint density at radius 1 is 1.26 bits per heavy atom. The molecular formula is C14H19Cl2NO2. The quantitative estimate of drug-likeness (QED) is 0.872. The van der Waals surface area contributed by atoms with Crippen molar-refractivity contribution in [1.82, 2.24) is 5.32 Å². The van der Waals surface area contributed by atoms with Gasteiger partial charge in [-0.25, -0.2) is 0 Å². The van der Waals surface area contributed by atoms with E-state index in [1.165, 1.54) is 0 Å². The third-order valence-corrected chi connectivity index (χ3v) is 3.86. The van der Waals surface area contributed by atoms with E-state index in [-0.39, 0.29) is 12.2 Å². The molecule has 1 aromatic carbocycles. The number of rotatable bonds is 6. The summed E-state index contributed by atoms with van der Waals surface area (Å²) in [6, 6.07) is 5.70. The van der Waals surface area contributed by atoms with Gasteiger partial charge in [0.25, 0.3) is 0 Å². The zero-order valence-electron chi connectivity index (χ0n) is 11.2. The first-order chi connectivity index (χ1) is 9.17. The van der Waals surface area contributed by atoms with E-state index >= 15 is 0 Å². The second kappa shape index (κ2) is 6.80. The van der Waals surface area contributed by atoms with Gasteiger partial charge in [-0.15, -0.1) is 0 Å². The van der Waals surface area contributed by atoms with Crippen molar-refractivity contribution >= 4 is 23.2 Å². The molecule has 0 heterocycles. The van der Waals surface area contributed by atoms with E-state index in [0.29, 0.717) is 28.4 Å². The predicted octanol–water partition coefficient (Wildman–Crippen LogP) is 3.53. The fraction of sp³-hybridized carbons (Fsp3) is 0.571. The minimum Gasteiger partial charge on any atom is -0.484 e. The summed E-state index contributed by atoms with van der Waals surface area (Å²) in [5.41, 5.74) is 0. The van der Waals surface area contributed by atoms with Crippen LogP contribution in [0.25, 0.3) is 0 Å². The predicted molar refractivity (Wildman–Crippen MR) is 78.4 cm³/mol. The largest absolute Gasteiger partial charge is 0.484 e. The summed E-state index contributed by atoms with van der Waals surface area (Å²) in [5, 5.41) is 4.46. The smallest absolute Gasteiger partial charge is 0.157 e. The average Bonchev–Trinajstić information content (AvgIpc) is 2.38. The number of nitrogens with one attached hydrogen (secondary N) is 1. The van der Waals surface area contributed by atoms with Crippen LogP contribution in [-0.2, 0) is 4.74 Å². The highest BCUT2D eigenvalue weighted by atomic mass is 35.5. The summed E-state index contributed by atoms with van der Waals surface area (Å²) in [7, 11) is 0. The van der Waals surface area contributed by atoms with E-state index < -0.39 is 0 Å². The van der Waals surface area contributed by atoms with Gasteiger partial charge in [0.1, 0.15) is 12.2 Å². The molecule has 0 spiro atoms. The molecule has 3 nitrogen and oxygen atoms in total. The number of halogens is 2. The summed E-state index contributed by atoms with van der Waals surface area (Å²) in [6.45, 7) is 5.67. The molecule has 0 bridgehead atoms. The van der Waals surface area contributed by atoms with Gasteiger partial charge in [-0.05, 0) is 25.6 Å². The van der Waals surface area contributed by atoms with Crippen LogP contribution in [0.15, 0.2) is 18.2 Å². The maximum atomic E-state index is 6.11. The van der Waals surface area contributed by atoms with Crippen molar-refractivity contribution in [3.8, 4) is 5.75 Å². The first-order valence-electron chi connectivity index (χ1n) is 6.63. The van der Waals surface area contributed by atoms with Crippen LogP contribution in [0.5, 0.6) is 5.75 Å². The molecule has 2 rings (SSSR count). The summed E-state index contributed by atoms with van der Waals surface area (Å²) >= 11 is 12.2. The van der Waals surface area contributed by atoms with Gasteiger partial charge >= 0.3 is 0 Å². The highest BCUT2D eigenvalue weighted by Crippen LogP contribution is 2.37. The van der Waals surface area contributed by atoms with E-state index in [9.17, 15) is 0 Å². The van der Waals surface area contributed by atoms with Crippen LogP contribution in [0.3, 0.4) is 0 Å². The van der Waals surface area contributed by atoms with Crippen LogP contribution in [0.4, 0.5) is 0 Å². The lowest BCUT2D eigenvalue weighted by atomic mass is 9.85. The molecule has 0 radical (unpaired) electrons. The normalized spacial score (nSPS) is 26.0. The maximum Gasteiger partial charge on any atom is 0.157 e. The monoisotopic (exact) mass is 303 g/mol. The molecule has 3 unspecified atom stereocenters. The van der Waals surface area contributed by atoms with Gasteiger partial charge in [-0.2, -0.15) is 0 Å². The minimum atomic E-state index is 0.00130. The zero-order chi connectivity index (χ0) is 13.8. The van der Waals surface area contributed by atoms with Gasteiger partial charge in [0.2, 0.25) is 0 Å². The number of hydrogen-bond donors (Lipinski definition) is 1. The zero-order valence-corrected chi connectivity index (χ0v) is 12.7. The molecule has 3 atom stereocenters. The van der Waals surface area contributed by atoms with Crippen LogP contribution in [-0.4, -0.2) is 31.4 Å². The molecule has 1 aliphatic carbocycles. The van der Waals surface area contributed by atoms with Gasteiger partial charge in [-0.3, -0.25) is 0 Å². The van der Waals surface area contributed by atoms with Crippen molar-refractivity contribution in [3.63, 3.8) is 0 Å². The van der Waals surface area contributed by atoms with Crippen molar-refractivity contribution in [2.24, 2.45) is 0 Å². The number of ether oxygens (including phenoxy) is 2. The highest BCUT2D eigenvalue weighted by Gasteiger charge is 2.43. The molecular weight excluding hydrogens is 285 g/mol. The summed E-state index contributed by atoms with van der Waals surface area (Å²) in [5.74, 6) is 0.551. The van der Waals surface area contributed by atoms with E-state index in [2.05, 4.69) is 12.2 Å². The molecule has 0 saturated heterocycles. The van der Waals surface area contributed by atoms with Crippen LogP contribution >= 0.6 is 23.2 Å². The molecule has 1 aromatic rings. The van der Waals surface area contributed by atoms with E-state index in [1.54, 1.807) is 18.2 Å². The molecule has 0 aromatic heterocycles. The number of likely N-dealkylation sites (N-methyl/N-ethyl adjacent to an activating group) is 1. The first-order valence-corrected chi connectivity index (χ1v) is 7.38. The van der Waals surface area contributed by atoms with Crippen molar-refractivity contribution < 1.29 is 9.47 Å². The summed E-state index contributed by atoms with van der Waals surface area (Å²) in [4.78, 5) is 0. The Morgan fingerprint density at radius 2 is 1.95 bits per heavy atom. The Balaban J connectivity index is 2.03. The summed E-state index contributed by atoms with van der Waals surface area (Å²) < 4.78 is 11.7. The van der Waals surface area contributed by atoms with Crippen molar-refractivity contribution in [2.75, 3.05) is 13.2 Å². The molecule has 0 aliphatic heterocycles. The van der Waals surface area contributed by atoms with Gasteiger partial charge in [0, 0.05) is 19.1 Å². The number of hydrogen-bond acceptors (Lipinski definition) is 3. The van der Waals surface area contributed by atoms with E-state index in [1.807, 2.05) is 6.92 Å². The fourth-order valence-electron chi connectivity index (χ4n) is 2.32. The van der Waals surface area contributed by atoms with Crippen LogP contribution in [0.1, 0.15) is 20.3 Å². The molecule has 19 heavy (non-hydrogen) atoms. The second-order valence-electron chi connectivity index (χ2n) is 4.53. The molecule has 106 valence electrons. The Kier molecular flexibility index (Phi) is 5.34. The average molecular weight is 304 g/mol. The standard InChI is InChI=1S/C14H19Cl2NO2/c1-3-17-11-8-12(14(11)18-4-2)19-13-9(15)6-5-7-10(13)16/h5-7,11-12,14,17H,3-4,8H2,1-2H3. The van der Waals surface area contributed by atoms with Gasteiger partial charge in [0.15, 0.2) is 5.75 Å². The van der Waals surface area contributed by atoms with Gasteiger partial charge < -0.3 is 14.8 Å². The van der Waals surface area contributed by atoms with Crippen LogP contribution in [0.2, 0.25) is 10.0 Å². The molecule has 1 fully saturated rings. The van der Waals surface area contributed by atoms with Crippen molar-refractivity contribution in [3.05, 3.63) is 28.2 Å². The third-order valence-electron chi connectivity index (χ3n) is 3.26. The van der Waals surface area contributed by atoms with E-state index in [0.717, 1.165) is 13.0 Å². The van der Waals surface area contributed by atoms with Crippen molar-refractivity contribution in [1.29, 1.82) is 0 Å². The topological polar surface area (TPSA) is 30.5 Å². The number of para-hydroxylation sites is 1. The Bertz CT molecular complexity index is 408. The Hall–Kier alpha value is -0.480. The molecule has 5 heteroatoms. The lowest BCUT2D eigenvalue weighted by molar-refractivity contribution is -0.104. The molecule has 1 N–H and O–H groups in total. The highest BCUT2D eigenvalue weighted by molar-refractivity contribution is 6.37. The lowest BCUT2D eigenvalue weighted by Crippen LogP contribution is -2.61. The van der Waals surface area contributed by atoms with Gasteiger partial charge in [0.05, 0.1) is 10.0 Å². The van der Waals surface area contributed by atoms with Crippen LogP contribution in [0, 0.1) is 0 Å². The number of benzene rings is 1. The lowest BCUT2D eigenvalue weighted by Gasteiger charge is -2.44. The summed E-state index contributed by atoms with van der Waals surface area (Å²) in [6.07, 6.45) is 0.957. The SMILES string of the molecule is CCNC1CC(Oc2c(Cl)cccc2Cl)C1OCC. The van der Waals surface area contributed by atoms with E-state index in [4.69, 9.17) is 32.7 Å². The second-order valence-corrected chi connectivity index (χ2v) is 5.34.